The van der Waals surface area contributed by atoms with Crippen molar-refractivity contribution in [2.75, 3.05) is 13.2 Å². The summed E-state index contributed by atoms with van der Waals surface area (Å²) in [6, 6.07) is 8.57. The number of ether oxygens (including phenoxy) is 2. The van der Waals surface area contributed by atoms with Crippen LogP contribution in [-0.4, -0.2) is 31.4 Å². The second-order valence-electron chi connectivity index (χ2n) is 5.75. The van der Waals surface area contributed by atoms with Crippen LogP contribution < -0.4 is 5.32 Å². The lowest BCUT2D eigenvalue weighted by molar-refractivity contribution is -0.0190. The Bertz CT molecular complexity index is 436. The number of halogens is 1. The molecule has 4 heteroatoms. The van der Waals surface area contributed by atoms with Gasteiger partial charge in [0, 0.05) is 17.6 Å². The second-order valence-corrected chi connectivity index (χ2v) is 6.15. The molecule has 3 rings (SSSR count). The molecule has 2 fully saturated rings. The molecule has 1 aliphatic carbocycles. The third-order valence-electron chi connectivity index (χ3n) is 3.93. The van der Waals surface area contributed by atoms with Crippen molar-refractivity contribution in [1.29, 1.82) is 0 Å². The molecule has 2 aliphatic rings. The molecule has 0 spiro atoms. The van der Waals surface area contributed by atoms with Gasteiger partial charge in [0.1, 0.15) is 0 Å². The third-order valence-corrected chi connectivity index (χ3v) is 4.29. The molecule has 0 aromatic heterocycles. The van der Waals surface area contributed by atoms with Crippen LogP contribution in [0.5, 0.6) is 0 Å². The fourth-order valence-corrected chi connectivity index (χ4v) is 2.74. The van der Waals surface area contributed by atoms with Gasteiger partial charge >= 0.3 is 0 Å². The minimum Gasteiger partial charge on any atom is -0.374 e. The molecular formula is C16H22ClNO2. The molecule has 1 saturated heterocycles. The smallest absolute Gasteiger partial charge is 0.0814 e. The Morgan fingerprint density at radius 1 is 1.15 bits per heavy atom. The van der Waals surface area contributed by atoms with E-state index in [4.69, 9.17) is 21.1 Å². The van der Waals surface area contributed by atoms with Gasteiger partial charge in [0.25, 0.3) is 0 Å². The van der Waals surface area contributed by atoms with Gasteiger partial charge in [-0.05, 0) is 37.3 Å². The average Bonchev–Trinajstić information content (AvgIpc) is 3.18. The Morgan fingerprint density at radius 2 is 1.95 bits per heavy atom. The van der Waals surface area contributed by atoms with E-state index >= 15 is 0 Å². The minimum atomic E-state index is 0.239. The molecule has 1 aliphatic heterocycles. The van der Waals surface area contributed by atoms with E-state index in [9.17, 15) is 0 Å². The Morgan fingerprint density at radius 3 is 2.75 bits per heavy atom. The summed E-state index contributed by atoms with van der Waals surface area (Å²) in [5, 5.41) is 4.29. The zero-order valence-corrected chi connectivity index (χ0v) is 12.4. The molecule has 1 aromatic carbocycles. The van der Waals surface area contributed by atoms with E-state index < -0.39 is 0 Å². The Kier molecular flexibility index (Phi) is 4.94. The summed E-state index contributed by atoms with van der Waals surface area (Å²) in [5.74, 6) is 0. The minimum absolute atomic E-state index is 0.239. The van der Waals surface area contributed by atoms with Crippen molar-refractivity contribution in [3.05, 3.63) is 34.9 Å². The van der Waals surface area contributed by atoms with Crippen molar-refractivity contribution in [3.63, 3.8) is 0 Å². The molecule has 3 nitrogen and oxygen atoms in total. The highest BCUT2D eigenvalue weighted by atomic mass is 35.5. The van der Waals surface area contributed by atoms with E-state index in [0.717, 1.165) is 36.0 Å². The van der Waals surface area contributed by atoms with Crippen molar-refractivity contribution in [3.8, 4) is 0 Å². The first-order chi connectivity index (χ1) is 9.81. The SMILES string of the molecule is Clc1ccccc1COCC1CCC(CNC2CC2)O1. The fourth-order valence-electron chi connectivity index (χ4n) is 2.55. The maximum Gasteiger partial charge on any atom is 0.0814 e. The van der Waals surface area contributed by atoms with E-state index in [1.807, 2.05) is 24.3 Å². The van der Waals surface area contributed by atoms with E-state index in [1.54, 1.807) is 0 Å². The Balaban J connectivity index is 1.34. The highest BCUT2D eigenvalue weighted by Crippen LogP contribution is 2.23. The molecule has 2 unspecified atom stereocenters. The van der Waals surface area contributed by atoms with Crippen LogP contribution in [-0.2, 0) is 16.1 Å². The van der Waals surface area contributed by atoms with Crippen molar-refractivity contribution in [2.24, 2.45) is 0 Å². The van der Waals surface area contributed by atoms with Crippen LogP contribution in [0.15, 0.2) is 24.3 Å². The summed E-state index contributed by atoms with van der Waals surface area (Å²) < 4.78 is 11.7. The predicted molar refractivity (Wildman–Crippen MR) is 80.0 cm³/mol. The fraction of sp³-hybridized carbons (Fsp3) is 0.625. The van der Waals surface area contributed by atoms with Crippen molar-refractivity contribution < 1.29 is 9.47 Å². The molecule has 1 N–H and O–H groups in total. The lowest BCUT2D eigenvalue weighted by atomic mass is 10.2. The first-order valence-electron chi connectivity index (χ1n) is 7.51. The molecule has 1 heterocycles. The molecule has 2 atom stereocenters. The maximum absolute atomic E-state index is 6.10. The van der Waals surface area contributed by atoms with Crippen molar-refractivity contribution in [2.45, 2.75) is 50.5 Å². The first kappa shape index (κ1) is 14.3. The number of hydrogen-bond acceptors (Lipinski definition) is 3. The van der Waals surface area contributed by atoms with Gasteiger partial charge in [0.2, 0.25) is 0 Å². The Hall–Kier alpha value is -0.610. The van der Waals surface area contributed by atoms with Crippen LogP contribution >= 0.6 is 11.6 Å². The van der Waals surface area contributed by atoms with Gasteiger partial charge in [0.15, 0.2) is 0 Å². The average molecular weight is 296 g/mol. The van der Waals surface area contributed by atoms with Crippen LogP contribution in [0.4, 0.5) is 0 Å². The van der Waals surface area contributed by atoms with Gasteiger partial charge in [-0.2, -0.15) is 0 Å². The zero-order valence-electron chi connectivity index (χ0n) is 11.7. The van der Waals surface area contributed by atoms with Crippen LogP contribution in [0.3, 0.4) is 0 Å². The summed E-state index contributed by atoms with van der Waals surface area (Å²) in [6.07, 6.45) is 5.50. The van der Waals surface area contributed by atoms with E-state index in [2.05, 4.69) is 5.32 Å². The number of rotatable bonds is 7. The van der Waals surface area contributed by atoms with E-state index in [1.165, 1.54) is 12.8 Å². The molecule has 0 bridgehead atoms. The lowest BCUT2D eigenvalue weighted by Gasteiger charge is -2.14. The zero-order chi connectivity index (χ0) is 13.8. The summed E-state index contributed by atoms with van der Waals surface area (Å²) in [5.41, 5.74) is 1.04. The van der Waals surface area contributed by atoms with Gasteiger partial charge in [-0.3, -0.25) is 0 Å². The Labute approximate surface area is 125 Å². The standard InChI is InChI=1S/C16H22ClNO2/c17-16-4-2-1-3-12(16)10-19-11-15-8-7-14(20-15)9-18-13-5-6-13/h1-4,13-15,18H,5-11H2. The summed E-state index contributed by atoms with van der Waals surface area (Å²) >= 11 is 6.10. The lowest BCUT2D eigenvalue weighted by Crippen LogP contribution is -2.29. The van der Waals surface area contributed by atoms with Crippen LogP contribution in [0.25, 0.3) is 0 Å². The van der Waals surface area contributed by atoms with Gasteiger partial charge in [-0.1, -0.05) is 29.8 Å². The molecule has 20 heavy (non-hydrogen) atoms. The third kappa shape index (κ3) is 4.19. The number of benzene rings is 1. The van der Waals surface area contributed by atoms with Crippen LogP contribution in [0.2, 0.25) is 5.02 Å². The quantitative estimate of drug-likeness (QED) is 0.838. The highest BCUT2D eigenvalue weighted by Gasteiger charge is 2.28. The highest BCUT2D eigenvalue weighted by molar-refractivity contribution is 6.31. The second kappa shape index (κ2) is 6.90. The first-order valence-corrected chi connectivity index (χ1v) is 7.89. The number of hydrogen-bond donors (Lipinski definition) is 1. The van der Waals surface area contributed by atoms with Crippen LogP contribution in [0.1, 0.15) is 31.2 Å². The maximum atomic E-state index is 6.10. The molecule has 0 radical (unpaired) electrons. The van der Waals surface area contributed by atoms with Gasteiger partial charge < -0.3 is 14.8 Å². The van der Waals surface area contributed by atoms with E-state index in [-0.39, 0.29) is 6.10 Å². The predicted octanol–water partition coefficient (Wildman–Crippen LogP) is 3.16. The normalized spacial score (nSPS) is 26.1. The van der Waals surface area contributed by atoms with Gasteiger partial charge in [-0.15, -0.1) is 0 Å². The summed E-state index contributed by atoms with van der Waals surface area (Å²) in [7, 11) is 0. The van der Waals surface area contributed by atoms with Crippen LogP contribution in [0, 0.1) is 0 Å². The monoisotopic (exact) mass is 295 g/mol. The summed E-state index contributed by atoms with van der Waals surface area (Å²) in [6.45, 7) is 2.21. The topological polar surface area (TPSA) is 30.5 Å². The van der Waals surface area contributed by atoms with Gasteiger partial charge in [0.05, 0.1) is 25.4 Å². The molecule has 0 amide bonds. The largest absolute Gasteiger partial charge is 0.374 e. The van der Waals surface area contributed by atoms with Crippen molar-refractivity contribution >= 4 is 11.6 Å². The number of nitrogens with one attached hydrogen (secondary N) is 1. The molecule has 110 valence electrons. The van der Waals surface area contributed by atoms with Crippen molar-refractivity contribution in [1.82, 2.24) is 5.32 Å². The van der Waals surface area contributed by atoms with Gasteiger partial charge in [-0.25, -0.2) is 0 Å². The molecule has 1 saturated carbocycles. The molecule has 1 aromatic rings. The molecular weight excluding hydrogens is 274 g/mol. The van der Waals surface area contributed by atoms with E-state index in [0.29, 0.717) is 19.3 Å². The summed E-state index contributed by atoms with van der Waals surface area (Å²) in [4.78, 5) is 0.